The second kappa shape index (κ2) is 11.0. The van der Waals surface area contributed by atoms with Gasteiger partial charge in [-0.25, -0.2) is 0 Å². The molecule has 0 aliphatic rings. The van der Waals surface area contributed by atoms with E-state index in [0.717, 1.165) is 15.6 Å². The van der Waals surface area contributed by atoms with Crippen molar-refractivity contribution < 1.29 is 14.3 Å². The van der Waals surface area contributed by atoms with E-state index in [1.165, 1.54) is 0 Å². The van der Waals surface area contributed by atoms with Crippen LogP contribution in [-0.4, -0.2) is 30.4 Å². The van der Waals surface area contributed by atoms with E-state index in [4.69, 9.17) is 4.74 Å². The summed E-state index contributed by atoms with van der Waals surface area (Å²) in [6.45, 7) is 4.54. The molecule has 5 nitrogen and oxygen atoms in total. The lowest BCUT2D eigenvalue weighted by Crippen LogP contribution is -2.26. The van der Waals surface area contributed by atoms with Crippen LogP contribution >= 0.6 is 15.9 Å². The molecule has 2 amide bonds. The highest BCUT2D eigenvalue weighted by Crippen LogP contribution is 2.29. The number of nitrogens with zero attached hydrogens (tertiary/aromatic N) is 1. The van der Waals surface area contributed by atoms with E-state index in [2.05, 4.69) is 35.1 Å². The second-order valence-electron chi connectivity index (χ2n) is 7.90. The maximum Gasteiger partial charge on any atom is 0.262 e. The molecule has 0 radical (unpaired) electrons. The summed E-state index contributed by atoms with van der Waals surface area (Å²) in [6, 6.07) is 22.5. The zero-order valence-corrected chi connectivity index (χ0v) is 20.1. The number of hydrogen-bond acceptors (Lipinski definition) is 3. The van der Waals surface area contributed by atoms with E-state index in [1.807, 2.05) is 48.5 Å². The number of nitrogens with one attached hydrogen (secondary N) is 1. The molecule has 0 bridgehead atoms. The normalized spacial score (nSPS) is 10.7. The van der Waals surface area contributed by atoms with Gasteiger partial charge in [0.05, 0.1) is 0 Å². The molecule has 0 aliphatic heterocycles. The maximum atomic E-state index is 12.8. The number of amides is 2. The first kappa shape index (κ1) is 23.5. The van der Waals surface area contributed by atoms with E-state index in [0.29, 0.717) is 23.5 Å². The standard InChI is InChI=1S/C26H27BrN2O3/c1-18(2)23-15-21(27)12-13-24(23)32-17-25(30)28-22-11-7-10-20(14-22)26(31)29(3)16-19-8-5-4-6-9-19/h4-15,18H,16-17H2,1-3H3,(H,28,30). The molecular formula is C26H27BrN2O3. The van der Waals surface area contributed by atoms with Gasteiger partial charge in [-0.1, -0.05) is 66.2 Å². The number of anilines is 1. The zero-order chi connectivity index (χ0) is 23.1. The molecule has 3 aromatic carbocycles. The highest BCUT2D eigenvalue weighted by atomic mass is 79.9. The molecule has 0 aliphatic carbocycles. The van der Waals surface area contributed by atoms with E-state index >= 15 is 0 Å². The molecule has 0 fully saturated rings. The van der Waals surface area contributed by atoms with Crippen LogP contribution in [0.4, 0.5) is 5.69 Å². The van der Waals surface area contributed by atoms with E-state index in [1.54, 1.807) is 36.2 Å². The molecule has 6 heteroatoms. The molecule has 3 aromatic rings. The Morgan fingerprint density at radius 3 is 2.47 bits per heavy atom. The molecule has 3 rings (SSSR count). The minimum Gasteiger partial charge on any atom is -0.483 e. The summed E-state index contributed by atoms with van der Waals surface area (Å²) in [5.74, 6) is 0.549. The zero-order valence-electron chi connectivity index (χ0n) is 18.5. The summed E-state index contributed by atoms with van der Waals surface area (Å²) < 4.78 is 6.73. The topological polar surface area (TPSA) is 58.6 Å². The number of hydrogen-bond donors (Lipinski definition) is 1. The molecule has 0 spiro atoms. The molecule has 32 heavy (non-hydrogen) atoms. The van der Waals surface area contributed by atoms with Crippen molar-refractivity contribution in [3.8, 4) is 5.75 Å². The Labute approximate surface area is 197 Å². The maximum absolute atomic E-state index is 12.8. The highest BCUT2D eigenvalue weighted by Gasteiger charge is 2.14. The Morgan fingerprint density at radius 2 is 1.75 bits per heavy atom. The van der Waals surface area contributed by atoms with Gasteiger partial charge in [0.2, 0.25) is 0 Å². The lowest BCUT2D eigenvalue weighted by molar-refractivity contribution is -0.118. The summed E-state index contributed by atoms with van der Waals surface area (Å²) in [4.78, 5) is 26.9. The van der Waals surface area contributed by atoms with Gasteiger partial charge >= 0.3 is 0 Å². The summed E-state index contributed by atoms with van der Waals surface area (Å²) in [5.41, 5.74) is 3.15. The molecule has 0 unspecified atom stereocenters. The minimum atomic E-state index is -0.287. The van der Waals surface area contributed by atoms with Crippen LogP contribution < -0.4 is 10.1 Å². The predicted molar refractivity (Wildman–Crippen MR) is 131 cm³/mol. The third kappa shape index (κ3) is 6.44. The number of benzene rings is 3. The summed E-state index contributed by atoms with van der Waals surface area (Å²) in [7, 11) is 1.76. The van der Waals surface area contributed by atoms with Crippen molar-refractivity contribution >= 4 is 33.4 Å². The first-order chi connectivity index (χ1) is 15.3. The Morgan fingerprint density at radius 1 is 1.00 bits per heavy atom. The largest absolute Gasteiger partial charge is 0.483 e. The van der Waals surface area contributed by atoms with Crippen molar-refractivity contribution in [3.05, 3.63) is 94.0 Å². The number of halogens is 1. The average molecular weight is 495 g/mol. The Kier molecular flexibility index (Phi) is 8.06. The van der Waals surface area contributed by atoms with Gasteiger partial charge in [-0.3, -0.25) is 9.59 Å². The molecule has 1 N–H and O–H groups in total. The lowest BCUT2D eigenvalue weighted by atomic mass is 10.0. The van der Waals surface area contributed by atoms with E-state index < -0.39 is 0 Å². The van der Waals surface area contributed by atoms with Crippen LogP contribution in [-0.2, 0) is 11.3 Å². The predicted octanol–water partition coefficient (Wildman–Crippen LogP) is 5.86. The Hall–Kier alpha value is -3.12. The average Bonchev–Trinajstić information content (AvgIpc) is 2.78. The van der Waals surface area contributed by atoms with Crippen LogP contribution in [0.25, 0.3) is 0 Å². The van der Waals surface area contributed by atoms with Crippen molar-refractivity contribution in [1.82, 2.24) is 4.90 Å². The number of carbonyl (C=O) groups excluding carboxylic acids is 2. The van der Waals surface area contributed by atoms with Crippen LogP contribution in [0, 0.1) is 0 Å². The highest BCUT2D eigenvalue weighted by molar-refractivity contribution is 9.10. The van der Waals surface area contributed by atoms with Gasteiger partial charge in [0.15, 0.2) is 6.61 Å². The number of rotatable bonds is 8. The van der Waals surface area contributed by atoms with Crippen LogP contribution in [0.3, 0.4) is 0 Å². The fraction of sp³-hybridized carbons (Fsp3) is 0.231. The van der Waals surface area contributed by atoms with Crippen molar-refractivity contribution in [2.45, 2.75) is 26.3 Å². The SMILES string of the molecule is CC(C)c1cc(Br)ccc1OCC(=O)Nc1cccc(C(=O)N(C)Cc2ccccc2)c1. The smallest absolute Gasteiger partial charge is 0.262 e. The first-order valence-electron chi connectivity index (χ1n) is 10.4. The van der Waals surface area contributed by atoms with E-state index in [9.17, 15) is 9.59 Å². The quantitative estimate of drug-likeness (QED) is 0.426. The summed E-state index contributed by atoms with van der Waals surface area (Å²) >= 11 is 3.47. The van der Waals surface area contributed by atoms with E-state index in [-0.39, 0.29) is 24.3 Å². The van der Waals surface area contributed by atoms with Crippen LogP contribution in [0.1, 0.15) is 41.3 Å². The van der Waals surface area contributed by atoms with Gasteiger partial charge in [0.1, 0.15) is 5.75 Å². The van der Waals surface area contributed by atoms with Crippen molar-refractivity contribution in [2.75, 3.05) is 19.0 Å². The molecular weight excluding hydrogens is 468 g/mol. The monoisotopic (exact) mass is 494 g/mol. The van der Waals surface area contributed by atoms with Crippen molar-refractivity contribution in [3.63, 3.8) is 0 Å². The molecule has 166 valence electrons. The second-order valence-corrected chi connectivity index (χ2v) is 8.82. The van der Waals surface area contributed by atoms with Gasteiger partial charge in [0.25, 0.3) is 11.8 Å². The molecule has 0 atom stereocenters. The van der Waals surface area contributed by atoms with Gasteiger partial charge in [-0.05, 0) is 53.4 Å². The molecule has 0 aromatic heterocycles. The van der Waals surface area contributed by atoms with Crippen LogP contribution in [0.15, 0.2) is 77.3 Å². The van der Waals surface area contributed by atoms with Crippen molar-refractivity contribution in [2.24, 2.45) is 0 Å². The lowest BCUT2D eigenvalue weighted by Gasteiger charge is -2.18. The number of carbonyl (C=O) groups is 2. The minimum absolute atomic E-state index is 0.113. The molecule has 0 saturated carbocycles. The third-order valence-corrected chi connectivity index (χ3v) is 5.45. The van der Waals surface area contributed by atoms with Crippen LogP contribution in [0.5, 0.6) is 5.75 Å². The first-order valence-corrected chi connectivity index (χ1v) is 11.2. The third-order valence-electron chi connectivity index (χ3n) is 4.96. The summed E-state index contributed by atoms with van der Waals surface area (Å²) in [6.07, 6.45) is 0. The van der Waals surface area contributed by atoms with Crippen molar-refractivity contribution in [1.29, 1.82) is 0 Å². The summed E-state index contributed by atoms with van der Waals surface area (Å²) in [5, 5.41) is 2.81. The van der Waals surface area contributed by atoms with Gasteiger partial charge < -0.3 is 15.0 Å². The molecule has 0 heterocycles. The fourth-order valence-corrected chi connectivity index (χ4v) is 3.70. The Bertz CT molecular complexity index is 1080. The number of ether oxygens (including phenoxy) is 1. The van der Waals surface area contributed by atoms with Gasteiger partial charge in [-0.2, -0.15) is 0 Å². The van der Waals surface area contributed by atoms with Crippen LogP contribution in [0.2, 0.25) is 0 Å². The molecule has 0 saturated heterocycles. The fourth-order valence-electron chi connectivity index (χ4n) is 3.32. The van der Waals surface area contributed by atoms with Gasteiger partial charge in [0, 0.05) is 29.3 Å². The van der Waals surface area contributed by atoms with Gasteiger partial charge in [-0.15, -0.1) is 0 Å². The Balaban J connectivity index is 1.61.